The molecule has 2 bridgehead atoms. The molecule has 0 saturated carbocycles. The van der Waals surface area contributed by atoms with E-state index in [1.165, 1.54) is 0 Å². The minimum atomic E-state index is -2.08. The molecule has 0 aliphatic carbocycles. The molecule has 4 aromatic rings. The molecule has 3 heterocycles. The van der Waals surface area contributed by atoms with Crippen LogP contribution < -0.4 is 0 Å². The fourth-order valence-electron chi connectivity index (χ4n) is 5.07. The number of hydrogen-bond donors (Lipinski definition) is 9. The molecule has 6 rings (SSSR count). The highest BCUT2D eigenvalue weighted by atomic mass is 16.7. The number of aliphatic hydroxyl groups excluding tert-OH is 2. The van der Waals surface area contributed by atoms with E-state index < -0.39 is 129 Å². The molecule has 1 saturated heterocycles. The number of carbonyl (C=O) groups excluding carboxylic acids is 3. The lowest BCUT2D eigenvalue weighted by Gasteiger charge is -2.42. The number of ether oxygens (including phenoxy) is 4. The largest absolute Gasteiger partial charge is 0.504 e. The minimum Gasteiger partial charge on any atom is -0.504 e. The van der Waals surface area contributed by atoms with Gasteiger partial charge in [-0.25, -0.2) is 14.4 Å². The maximum absolute atomic E-state index is 13.6. The standard InChI is InChI=1S/C27H20O17/c28-5-13-20-19(36)23(27(40-13)44-24(37)6-1-9(29)16(33)10(30)2-6)43-26(39)8-4-12(32)18(35)22-15(8)14-7(25(38)42-20)3-11(31)17(34)21(14)41-22/h1-4,13,19-20,23,27-36H,5H2/t13-,19-,20-,23-,27+/m1/s1. The van der Waals surface area contributed by atoms with Gasteiger partial charge < -0.3 is 69.3 Å². The van der Waals surface area contributed by atoms with Crippen LogP contribution in [0.15, 0.2) is 28.7 Å². The Balaban J connectivity index is 1.50. The van der Waals surface area contributed by atoms with Crippen LogP contribution in [0, 0.1) is 0 Å². The molecule has 44 heavy (non-hydrogen) atoms. The Hall–Kier alpha value is -5.65. The monoisotopic (exact) mass is 616 g/mol. The van der Waals surface area contributed by atoms with Crippen molar-refractivity contribution in [3.05, 3.63) is 41.0 Å². The number of aliphatic hydroxyl groups is 2. The van der Waals surface area contributed by atoms with Gasteiger partial charge in [0, 0.05) is 10.8 Å². The third kappa shape index (κ3) is 4.17. The molecule has 0 unspecified atom stereocenters. The van der Waals surface area contributed by atoms with Gasteiger partial charge >= 0.3 is 17.9 Å². The lowest BCUT2D eigenvalue weighted by molar-refractivity contribution is -0.283. The van der Waals surface area contributed by atoms with Crippen molar-refractivity contribution < 1.29 is 83.7 Å². The molecule has 0 amide bonds. The van der Waals surface area contributed by atoms with E-state index in [1.807, 2.05) is 0 Å². The number of rotatable bonds is 3. The Morgan fingerprint density at radius 2 is 1.20 bits per heavy atom. The van der Waals surface area contributed by atoms with Gasteiger partial charge in [0.2, 0.25) is 17.8 Å². The first kappa shape index (κ1) is 28.5. The molecule has 2 aliphatic heterocycles. The van der Waals surface area contributed by atoms with Gasteiger partial charge in [-0.3, -0.25) is 0 Å². The molecular formula is C27H20O17. The van der Waals surface area contributed by atoms with Crippen LogP contribution in [-0.4, -0.2) is 101 Å². The number of aromatic hydroxyl groups is 7. The van der Waals surface area contributed by atoms with Crippen molar-refractivity contribution >= 4 is 39.8 Å². The highest BCUT2D eigenvalue weighted by molar-refractivity contribution is 6.23. The van der Waals surface area contributed by atoms with Gasteiger partial charge in [0.15, 0.2) is 52.1 Å². The van der Waals surface area contributed by atoms with E-state index in [2.05, 4.69) is 0 Å². The quantitative estimate of drug-likeness (QED) is 0.0861. The summed E-state index contributed by atoms with van der Waals surface area (Å²) in [5.74, 6) is -10.4. The lowest BCUT2D eigenvalue weighted by atomic mass is 9.98. The maximum Gasteiger partial charge on any atom is 0.340 e. The molecule has 1 aromatic heterocycles. The molecule has 2 aliphatic rings. The predicted molar refractivity (Wildman–Crippen MR) is 137 cm³/mol. The smallest absolute Gasteiger partial charge is 0.340 e. The topological polar surface area (TPSA) is 283 Å². The summed E-state index contributed by atoms with van der Waals surface area (Å²) < 4.78 is 27.0. The van der Waals surface area contributed by atoms with Gasteiger partial charge in [-0.1, -0.05) is 0 Å². The zero-order valence-electron chi connectivity index (χ0n) is 21.7. The number of fused-ring (bicyclic) bond motifs is 2. The summed E-state index contributed by atoms with van der Waals surface area (Å²) in [6.07, 6.45) is -9.60. The third-order valence-electron chi connectivity index (χ3n) is 7.18. The molecule has 17 nitrogen and oxygen atoms in total. The van der Waals surface area contributed by atoms with Crippen molar-refractivity contribution in [3.63, 3.8) is 0 Å². The van der Waals surface area contributed by atoms with Crippen LogP contribution in [-0.2, 0) is 18.9 Å². The summed E-state index contributed by atoms with van der Waals surface area (Å²) in [6.45, 7) is -0.960. The number of phenols is 7. The number of carbonyl (C=O) groups is 3. The van der Waals surface area contributed by atoms with Crippen LogP contribution in [0.3, 0.4) is 0 Å². The second kappa shape index (κ2) is 9.97. The summed E-state index contributed by atoms with van der Waals surface area (Å²) >= 11 is 0. The van der Waals surface area contributed by atoms with Gasteiger partial charge in [-0.15, -0.1) is 0 Å². The van der Waals surface area contributed by atoms with E-state index in [0.29, 0.717) is 0 Å². The minimum absolute atomic E-state index is 0.370. The summed E-state index contributed by atoms with van der Waals surface area (Å²) in [6, 6.07) is 2.91. The fourth-order valence-corrected chi connectivity index (χ4v) is 5.07. The van der Waals surface area contributed by atoms with Crippen molar-refractivity contribution in [1.82, 2.24) is 0 Å². The van der Waals surface area contributed by atoms with Crippen LogP contribution in [0.25, 0.3) is 21.9 Å². The van der Waals surface area contributed by atoms with Gasteiger partial charge in [-0.2, -0.15) is 0 Å². The van der Waals surface area contributed by atoms with E-state index in [1.54, 1.807) is 0 Å². The molecule has 0 spiro atoms. The third-order valence-corrected chi connectivity index (χ3v) is 7.18. The summed E-state index contributed by atoms with van der Waals surface area (Å²) in [5.41, 5.74) is -2.90. The van der Waals surface area contributed by atoms with Gasteiger partial charge in [-0.05, 0) is 24.3 Å². The van der Waals surface area contributed by atoms with Gasteiger partial charge in [0.05, 0.1) is 23.3 Å². The van der Waals surface area contributed by atoms with E-state index in [0.717, 1.165) is 24.3 Å². The summed E-state index contributed by atoms with van der Waals surface area (Å²) in [4.78, 5) is 39.9. The molecule has 0 radical (unpaired) electrons. The van der Waals surface area contributed by atoms with E-state index >= 15 is 0 Å². The van der Waals surface area contributed by atoms with Crippen LogP contribution in [0.1, 0.15) is 31.1 Å². The fraction of sp³-hybridized carbons (Fsp3) is 0.222. The van der Waals surface area contributed by atoms with Crippen molar-refractivity contribution in [2.45, 2.75) is 30.7 Å². The second-order valence-corrected chi connectivity index (χ2v) is 9.82. The predicted octanol–water partition coefficient (Wildman–Crippen LogP) is 0.525. The van der Waals surface area contributed by atoms with Gasteiger partial charge in [0.1, 0.15) is 12.2 Å². The number of benzene rings is 3. The Morgan fingerprint density at radius 1 is 0.727 bits per heavy atom. The van der Waals surface area contributed by atoms with Crippen LogP contribution in [0.5, 0.6) is 40.2 Å². The zero-order chi connectivity index (χ0) is 31.8. The summed E-state index contributed by atoms with van der Waals surface area (Å²) in [5, 5.41) is 91.0. The van der Waals surface area contributed by atoms with Crippen LogP contribution in [0.2, 0.25) is 0 Å². The van der Waals surface area contributed by atoms with Crippen molar-refractivity contribution in [2.75, 3.05) is 6.61 Å². The molecule has 230 valence electrons. The molecule has 1 fully saturated rings. The normalized spacial score (nSPS) is 23.3. The number of hydrogen-bond acceptors (Lipinski definition) is 17. The number of esters is 3. The average molecular weight is 616 g/mol. The van der Waals surface area contributed by atoms with Gasteiger partial charge in [0.25, 0.3) is 0 Å². The van der Waals surface area contributed by atoms with Crippen molar-refractivity contribution in [2.24, 2.45) is 0 Å². The first-order valence-electron chi connectivity index (χ1n) is 12.5. The van der Waals surface area contributed by atoms with Crippen molar-refractivity contribution in [3.8, 4) is 40.2 Å². The lowest BCUT2D eigenvalue weighted by Crippen LogP contribution is -2.61. The van der Waals surface area contributed by atoms with Crippen LogP contribution >= 0.6 is 0 Å². The summed E-state index contributed by atoms with van der Waals surface area (Å²) in [7, 11) is 0. The molecule has 5 atom stereocenters. The highest BCUT2D eigenvalue weighted by Crippen LogP contribution is 2.48. The van der Waals surface area contributed by atoms with Crippen LogP contribution in [0.4, 0.5) is 0 Å². The van der Waals surface area contributed by atoms with E-state index in [-0.39, 0.29) is 5.39 Å². The van der Waals surface area contributed by atoms with E-state index in [4.69, 9.17) is 23.4 Å². The molecule has 3 aromatic carbocycles. The first-order valence-corrected chi connectivity index (χ1v) is 12.5. The Morgan fingerprint density at radius 3 is 1.70 bits per heavy atom. The van der Waals surface area contributed by atoms with Crippen molar-refractivity contribution in [1.29, 1.82) is 0 Å². The highest BCUT2D eigenvalue weighted by Gasteiger charge is 2.52. The SMILES string of the molecule is O=C(O[C@@H]1O[C@H](CO)[C@H]2OC(=O)c3cc(O)c(O)c4oc5c(O)c(O)cc(c5c34)C(=O)O[C@@H]1[C@@H]2O)c1cc(O)c(O)c(O)c1. The molecule has 9 N–H and O–H groups in total. The number of phenolic OH excluding ortho intramolecular Hbond substituents is 7. The average Bonchev–Trinajstić information content (AvgIpc) is 3.38. The Kier molecular flexibility index (Phi) is 6.45. The Bertz CT molecular complexity index is 1870. The molecule has 17 heteroatoms. The first-order chi connectivity index (χ1) is 20.8. The van der Waals surface area contributed by atoms with E-state index in [9.17, 15) is 60.3 Å². The number of furan rings is 1. The molecular weight excluding hydrogens is 596 g/mol. The maximum atomic E-state index is 13.6. The Labute approximate surface area is 242 Å². The zero-order valence-corrected chi connectivity index (χ0v) is 21.7. The second-order valence-electron chi connectivity index (χ2n) is 9.82.